The van der Waals surface area contributed by atoms with Gasteiger partial charge in [0.25, 0.3) is 0 Å². The first-order valence-electron chi connectivity index (χ1n) is 5.10. The highest BCUT2D eigenvalue weighted by atomic mass is 19.4. The predicted molar refractivity (Wildman–Crippen MR) is 57.4 cm³/mol. The van der Waals surface area contributed by atoms with Gasteiger partial charge in [-0.15, -0.1) is 0 Å². The fraction of sp³-hybridized carbons (Fsp3) is 0.167. The summed E-state index contributed by atoms with van der Waals surface area (Å²) in [4.78, 5) is 0. The first-order valence-corrected chi connectivity index (χ1v) is 5.10. The maximum Gasteiger partial charge on any atom is 0.419 e. The average Bonchev–Trinajstić information content (AvgIpc) is 2.79. The molecule has 1 N–H and O–H groups in total. The van der Waals surface area contributed by atoms with Gasteiger partial charge in [0.05, 0.1) is 18.4 Å². The van der Waals surface area contributed by atoms with Crippen LogP contribution in [0.1, 0.15) is 11.3 Å². The van der Waals surface area contributed by atoms with E-state index in [1.807, 2.05) is 0 Å². The van der Waals surface area contributed by atoms with Crippen molar-refractivity contribution in [2.75, 3.05) is 5.32 Å². The fourth-order valence-corrected chi connectivity index (χ4v) is 1.45. The van der Waals surface area contributed by atoms with Gasteiger partial charge in [0.2, 0.25) is 0 Å². The first kappa shape index (κ1) is 12.5. The second-order valence-electron chi connectivity index (χ2n) is 3.63. The maximum atomic E-state index is 13.0. The van der Waals surface area contributed by atoms with Crippen LogP contribution in [0.3, 0.4) is 0 Å². The standard InChI is InChI=1S/C12H9F4NO/c13-11-4-3-8(6-10(11)12(14,15)16)17-7-9-2-1-5-18-9/h1-6,17H,7H2. The van der Waals surface area contributed by atoms with E-state index in [4.69, 9.17) is 4.42 Å². The van der Waals surface area contributed by atoms with E-state index < -0.39 is 17.6 Å². The van der Waals surface area contributed by atoms with Crippen molar-refractivity contribution in [2.45, 2.75) is 12.7 Å². The molecule has 6 heteroatoms. The molecular formula is C12H9F4NO. The van der Waals surface area contributed by atoms with Crippen molar-refractivity contribution >= 4 is 5.69 Å². The lowest BCUT2D eigenvalue weighted by atomic mass is 10.2. The highest BCUT2D eigenvalue weighted by molar-refractivity contribution is 5.47. The molecular weight excluding hydrogens is 250 g/mol. The minimum Gasteiger partial charge on any atom is -0.467 e. The SMILES string of the molecule is Fc1ccc(NCc2ccco2)cc1C(F)(F)F. The summed E-state index contributed by atoms with van der Waals surface area (Å²) in [7, 11) is 0. The lowest BCUT2D eigenvalue weighted by Crippen LogP contribution is -2.09. The Morgan fingerprint density at radius 1 is 1.17 bits per heavy atom. The van der Waals surface area contributed by atoms with Gasteiger partial charge in [-0.3, -0.25) is 0 Å². The van der Waals surface area contributed by atoms with Gasteiger partial charge in [0.15, 0.2) is 0 Å². The van der Waals surface area contributed by atoms with Crippen LogP contribution in [0.5, 0.6) is 0 Å². The van der Waals surface area contributed by atoms with Crippen LogP contribution >= 0.6 is 0 Å². The Balaban J connectivity index is 2.15. The number of benzene rings is 1. The molecule has 0 fully saturated rings. The molecule has 0 unspecified atom stereocenters. The van der Waals surface area contributed by atoms with Crippen LogP contribution in [0.25, 0.3) is 0 Å². The molecule has 0 amide bonds. The fourth-order valence-electron chi connectivity index (χ4n) is 1.45. The molecule has 0 spiro atoms. The van der Waals surface area contributed by atoms with Crippen molar-refractivity contribution in [1.29, 1.82) is 0 Å². The molecule has 2 nitrogen and oxygen atoms in total. The molecule has 0 bridgehead atoms. The first-order chi connectivity index (χ1) is 8.47. The Morgan fingerprint density at radius 2 is 1.94 bits per heavy atom. The third-order valence-corrected chi connectivity index (χ3v) is 2.32. The summed E-state index contributed by atoms with van der Waals surface area (Å²) in [6.07, 6.45) is -3.24. The van der Waals surface area contributed by atoms with Gasteiger partial charge in [-0.05, 0) is 30.3 Å². The molecule has 2 rings (SSSR count). The van der Waals surface area contributed by atoms with Gasteiger partial charge >= 0.3 is 6.18 Å². The van der Waals surface area contributed by atoms with E-state index >= 15 is 0 Å². The maximum absolute atomic E-state index is 13.0. The molecule has 0 aliphatic rings. The van der Waals surface area contributed by atoms with E-state index in [1.54, 1.807) is 12.1 Å². The van der Waals surface area contributed by atoms with Crippen LogP contribution in [-0.4, -0.2) is 0 Å². The number of alkyl halides is 3. The number of furan rings is 1. The summed E-state index contributed by atoms with van der Waals surface area (Å²) < 4.78 is 55.4. The van der Waals surface area contributed by atoms with Crippen LogP contribution in [0, 0.1) is 5.82 Å². The van der Waals surface area contributed by atoms with E-state index in [1.165, 1.54) is 12.3 Å². The van der Waals surface area contributed by atoms with E-state index in [-0.39, 0.29) is 12.2 Å². The highest BCUT2D eigenvalue weighted by Crippen LogP contribution is 2.33. The largest absolute Gasteiger partial charge is 0.467 e. The van der Waals surface area contributed by atoms with E-state index in [0.717, 1.165) is 12.1 Å². The summed E-state index contributed by atoms with van der Waals surface area (Å²) in [5.74, 6) is -0.709. The molecule has 1 heterocycles. The predicted octanol–water partition coefficient (Wildman–Crippen LogP) is 4.05. The highest BCUT2D eigenvalue weighted by Gasteiger charge is 2.34. The van der Waals surface area contributed by atoms with Crippen molar-refractivity contribution in [1.82, 2.24) is 0 Å². The topological polar surface area (TPSA) is 25.2 Å². The third kappa shape index (κ3) is 2.82. The number of anilines is 1. The molecule has 0 saturated carbocycles. The molecule has 0 aliphatic heterocycles. The molecule has 0 radical (unpaired) electrons. The van der Waals surface area contributed by atoms with Gasteiger partial charge < -0.3 is 9.73 Å². The second-order valence-corrected chi connectivity index (χ2v) is 3.63. The van der Waals surface area contributed by atoms with E-state index in [0.29, 0.717) is 5.76 Å². The van der Waals surface area contributed by atoms with Gasteiger partial charge in [0, 0.05) is 5.69 Å². The van der Waals surface area contributed by atoms with Crippen LogP contribution in [0.15, 0.2) is 41.0 Å². The molecule has 1 aromatic heterocycles. The average molecular weight is 259 g/mol. The summed E-state index contributed by atoms with van der Waals surface area (Å²) in [5, 5.41) is 2.73. The Bertz CT molecular complexity index is 519. The van der Waals surface area contributed by atoms with E-state index in [9.17, 15) is 17.6 Å². The zero-order valence-corrected chi connectivity index (χ0v) is 9.09. The lowest BCUT2D eigenvalue weighted by molar-refractivity contribution is -0.139. The van der Waals surface area contributed by atoms with Crippen LogP contribution in [-0.2, 0) is 12.7 Å². The van der Waals surface area contributed by atoms with Gasteiger partial charge in [-0.25, -0.2) is 4.39 Å². The lowest BCUT2D eigenvalue weighted by Gasteiger charge is -2.11. The van der Waals surface area contributed by atoms with Crippen LogP contribution in [0.4, 0.5) is 23.2 Å². The van der Waals surface area contributed by atoms with Crippen molar-refractivity contribution in [3.05, 3.63) is 53.7 Å². The minimum atomic E-state index is -4.70. The van der Waals surface area contributed by atoms with Crippen molar-refractivity contribution in [3.8, 4) is 0 Å². The number of halogens is 4. The Kier molecular flexibility index (Phi) is 3.27. The zero-order valence-electron chi connectivity index (χ0n) is 9.09. The van der Waals surface area contributed by atoms with Crippen molar-refractivity contribution in [2.24, 2.45) is 0 Å². The Labute approximate surface area is 100 Å². The van der Waals surface area contributed by atoms with Crippen molar-refractivity contribution in [3.63, 3.8) is 0 Å². The van der Waals surface area contributed by atoms with Crippen LogP contribution < -0.4 is 5.32 Å². The van der Waals surface area contributed by atoms with Gasteiger partial charge in [0.1, 0.15) is 11.6 Å². The summed E-state index contributed by atoms with van der Waals surface area (Å²) in [6.45, 7) is 0.232. The zero-order chi connectivity index (χ0) is 13.2. The molecule has 18 heavy (non-hydrogen) atoms. The molecule has 0 atom stereocenters. The quantitative estimate of drug-likeness (QED) is 0.841. The smallest absolute Gasteiger partial charge is 0.419 e. The number of hydrogen-bond donors (Lipinski definition) is 1. The molecule has 0 aliphatic carbocycles. The van der Waals surface area contributed by atoms with Gasteiger partial charge in [-0.1, -0.05) is 0 Å². The second kappa shape index (κ2) is 4.72. The van der Waals surface area contributed by atoms with Crippen LogP contribution in [0.2, 0.25) is 0 Å². The molecule has 1 aromatic carbocycles. The number of nitrogens with one attached hydrogen (secondary N) is 1. The van der Waals surface area contributed by atoms with Gasteiger partial charge in [-0.2, -0.15) is 13.2 Å². The molecule has 96 valence electrons. The number of hydrogen-bond acceptors (Lipinski definition) is 2. The third-order valence-electron chi connectivity index (χ3n) is 2.32. The molecule has 0 saturated heterocycles. The van der Waals surface area contributed by atoms with Crippen molar-refractivity contribution < 1.29 is 22.0 Å². The Morgan fingerprint density at radius 3 is 2.56 bits per heavy atom. The normalized spacial score (nSPS) is 11.6. The number of rotatable bonds is 3. The summed E-state index contributed by atoms with van der Waals surface area (Å²) >= 11 is 0. The molecule has 2 aromatic rings. The summed E-state index contributed by atoms with van der Waals surface area (Å²) in [6, 6.07) is 6.11. The minimum absolute atomic E-state index is 0.181. The summed E-state index contributed by atoms with van der Waals surface area (Å²) in [5.41, 5.74) is -1.10. The van der Waals surface area contributed by atoms with E-state index in [2.05, 4.69) is 5.32 Å². The Hall–Kier alpha value is -1.98. The monoisotopic (exact) mass is 259 g/mol.